The van der Waals surface area contributed by atoms with Gasteiger partial charge in [-0.05, 0) is 18.2 Å². The zero-order valence-electron chi connectivity index (χ0n) is 6.52. The molecule has 1 aliphatic carbocycles. The number of hydrogen-bond donors (Lipinski definition) is 1. The molecule has 0 bridgehead atoms. The largest absolute Gasteiger partial charge is 0.290 e. The Morgan fingerprint density at radius 3 is 2.77 bits per heavy atom. The topological polar surface area (TPSA) is 75.7 Å². The van der Waals surface area contributed by atoms with Crippen molar-refractivity contribution in [3.8, 4) is 0 Å². The van der Waals surface area contributed by atoms with Gasteiger partial charge < -0.3 is 0 Å². The average molecular weight is 175 g/mol. The van der Waals surface area contributed by atoms with Gasteiger partial charge in [0, 0.05) is 0 Å². The second-order valence-electron chi connectivity index (χ2n) is 2.51. The predicted molar refractivity (Wildman–Crippen MR) is 43.5 cm³/mol. The van der Waals surface area contributed by atoms with Crippen LogP contribution in [0.3, 0.4) is 0 Å². The van der Waals surface area contributed by atoms with Gasteiger partial charge >= 0.3 is 0 Å². The molecule has 0 atom stereocenters. The third-order valence-corrected chi connectivity index (χ3v) is 1.64. The molecule has 0 spiro atoms. The molecule has 0 aliphatic heterocycles. The van der Waals surface area contributed by atoms with Crippen molar-refractivity contribution < 1.29 is 9.59 Å². The lowest BCUT2D eigenvalue weighted by Crippen LogP contribution is -2.06. The number of H-pyrrole nitrogens is 1. The zero-order valence-corrected chi connectivity index (χ0v) is 6.52. The van der Waals surface area contributed by atoms with Crippen LogP contribution >= 0.6 is 0 Å². The van der Waals surface area contributed by atoms with Gasteiger partial charge in [0.15, 0.2) is 11.6 Å². The Labute approximate surface area is 73.1 Å². The minimum Gasteiger partial charge on any atom is -0.290 e. The maximum Gasteiger partial charge on any atom is 0.188 e. The van der Waals surface area contributed by atoms with Gasteiger partial charge in [0.2, 0.25) is 0 Å². The molecule has 1 aliphatic rings. The van der Waals surface area contributed by atoms with Crippen molar-refractivity contribution in [3.63, 3.8) is 0 Å². The van der Waals surface area contributed by atoms with E-state index in [-0.39, 0.29) is 17.1 Å². The fourth-order valence-corrected chi connectivity index (χ4v) is 1.04. The van der Waals surface area contributed by atoms with Gasteiger partial charge in [-0.15, -0.1) is 0 Å². The Hall–Kier alpha value is -2.04. The van der Waals surface area contributed by atoms with Crippen LogP contribution in [0, 0.1) is 0 Å². The van der Waals surface area contributed by atoms with Crippen LogP contribution in [0.2, 0.25) is 0 Å². The third kappa shape index (κ3) is 1.31. The molecule has 0 fully saturated rings. The van der Waals surface area contributed by atoms with Crippen LogP contribution in [0.15, 0.2) is 24.4 Å². The molecule has 1 N–H and O–H groups in total. The maximum absolute atomic E-state index is 11.2. The van der Waals surface area contributed by atoms with Crippen molar-refractivity contribution >= 4 is 17.1 Å². The first-order valence-electron chi connectivity index (χ1n) is 3.61. The van der Waals surface area contributed by atoms with Crippen molar-refractivity contribution in [2.45, 2.75) is 0 Å². The van der Waals surface area contributed by atoms with E-state index in [4.69, 9.17) is 0 Å². The summed E-state index contributed by atoms with van der Waals surface area (Å²) in [5.74, 6) is -0.439. The average Bonchev–Trinajstić information content (AvgIpc) is 2.61. The fourth-order valence-electron chi connectivity index (χ4n) is 1.04. The van der Waals surface area contributed by atoms with E-state index in [1.165, 1.54) is 24.4 Å². The summed E-state index contributed by atoms with van der Waals surface area (Å²) in [6.07, 6.45) is 5.11. The molecular weight excluding hydrogens is 170 g/mol. The SMILES string of the molecule is O=C1C=CC(=O)C(c2cn[nH]n2)=C1. The van der Waals surface area contributed by atoms with E-state index in [0.717, 1.165) is 0 Å². The summed E-state index contributed by atoms with van der Waals surface area (Å²) in [5.41, 5.74) is 0.670. The molecule has 1 heterocycles. The first kappa shape index (κ1) is 7.60. The highest BCUT2D eigenvalue weighted by atomic mass is 16.1. The molecule has 0 aromatic carbocycles. The molecule has 0 radical (unpaired) electrons. The van der Waals surface area contributed by atoms with Gasteiger partial charge in [0.25, 0.3) is 0 Å². The lowest BCUT2D eigenvalue weighted by atomic mass is 10.0. The normalized spacial score (nSPS) is 16.2. The number of carbonyl (C=O) groups is 2. The summed E-state index contributed by atoms with van der Waals surface area (Å²) in [7, 11) is 0. The molecule has 1 aromatic heterocycles. The van der Waals surface area contributed by atoms with Crippen molar-refractivity contribution in [2.24, 2.45) is 0 Å². The highest BCUT2D eigenvalue weighted by Crippen LogP contribution is 2.15. The van der Waals surface area contributed by atoms with E-state index in [1.54, 1.807) is 0 Å². The van der Waals surface area contributed by atoms with E-state index < -0.39 is 0 Å². The van der Waals surface area contributed by atoms with Crippen LogP contribution in [0.5, 0.6) is 0 Å². The highest BCUT2D eigenvalue weighted by molar-refractivity contribution is 6.33. The number of nitrogens with one attached hydrogen (secondary N) is 1. The number of hydrogen-bond acceptors (Lipinski definition) is 4. The smallest absolute Gasteiger partial charge is 0.188 e. The lowest BCUT2D eigenvalue weighted by molar-refractivity contribution is -0.113. The van der Waals surface area contributed by atoms with Crippen molar-refractivity contribution in [3.05, 3.63) is 30.1 Å². The molecule has 5 nitrogen and oxygen atoms in total. The molecule has 0 saturated carbocycles. The standard InChI is InChI=1S/C8H5N3O2/c12-5-1-2-8(13)6(3-5)7-4-9-11-10-7/h1-4H,(H,9,10,11). The Morgan fingerprint density at radius 1 is 1.23 bits per heavy atom. The summed E-state index contributed by atoms with van der Waals surface area (Å²) >= 11 is 0. The molecule has 5 heteroatoms. The van der Waals surface area contributed by atoms with E-state index >= 15 is 0 Å². The van der Waals surface area contributed by atoms with E-state index in [2.05, 4.69) is 15.4 Å². The summed E-state index contributed by atoms with van der Waals surface area (Å²) in [6.45, 7) is 0. The van der Waals surface area contributed by atoms with Crippen molar-refractivity contribution in [1.29, 1.82) is 0 Å². The second kappa shape index (κ2) is 2.78. The molecular formula is C8H5N3O2. The molecule has 0 unspecified atom stereocenters. The minimum absolute atomic E-state index is 0.211. The summed E-state index contributed by atoms with van der Waals surface area (Å²) in [6, 6.07) is 0. The Bertz CT molecular complexity index is 415. The monoisotopic (exact) mass is 175 g/mol. The van der Waals surface area contributed by atoms with Crippen LogP contribution in [0.1, 0.15) is 5.69 Å². The molecule has 13 heavy (non-hydrogen) atoms. The molecule has 0 saturated heterocycles. The van der Waals surface area contributed by atoms with Gasteiger partial charge in [0.05, 0.1) is 11.8 Å². The Kier molecular flexibility index (Phi) is 1.63. The molecule has 64 valence electrons. The van der Waals surface area contributed by atoms with Crippen LogP contribution in [0.4, 0.5) is 0 Å². The summed E-state index contributed by atoms with van der Waals surface area (Å²) in [4.78, 5) is 22.2. The van der Waals surface area contributed by atoms with Crippen LogP contribution < -0.4 is 0 Å². The van der Waals surface area contributed by atoms with Gasteiger partial charge in [-0.3, -0.25) is 9.59 Å². The number of ketones is 2. The van der Waals surface area contributed by atoms with Gasteiger partial charge in [-0.25, -0.2) is 0 Å². The third-order valence-electron chi connectivity index (χ3n) is 1.64. The number of allylic oxidation sites excluding steroid dienone is 4. The number of rotatable bonds is 1. The molecule has 2 rings (SSSR count). The molecule has 0 amide bonds. The van der Waals surface area contributed by atoms with Gasteiger partial charge in [0.1, 0.15) is 5.69 Å². The first-order chi connectivity index (χ1) is 6.27. The summed E-state index contributed by atoms with van der Waals surface area (Å²) < 4.78 is 0. The Balaban J connectivity index is 2.44. The predicted octanol–water partition coefficient (Wildman–Crippen LogP) is -0.104. The van der Waals surface area contributed by atoms with E-state index in [1.807, 2.05) is 0 Å². The van der Waals surface area contributed by atoms with Crippen LogP contribution in [0.25, 0.3) is 5.57 Å². The lowest BCUT2D eigenvalue weighted by Gasteiger charge is -2.01. The first-order valence-corrected chi connectivity index (χ1v) is 3.61. The van der Waals surface area contributed by atoms with Crippen molar-refractivity contribution in [2.75, 3.05) is 0 Å². The number of carbonyl (C=O) groups excluding carboxylic acids is 2. The number of aromatic amines is 1. The van der Waals surface area contributed by atoms with E-state index in [9.17, 15) is 9.59 Å². The zero-order chi connectivity index (χ0) is 9.26. The molecule has 1 aromatic rings. The van der Waals surface area contributed by atoms with Crippen LogP contribution in [-0.2, 0) is 9.59 Å². The van der Waals surface area contributed by atoms with Gasteiger partial charge in [-0.2, -0.15) is 15.4 Å². The minimum atomic E-state index is -0.228. The highest BCUT2D eigenvalue weighted by Gasteiger charge is 2.16. The second-order valence-corrected chi connectivity index (χ2v) is 2.51. The maximum atomic E-state index is 11.2. The number of aromatic nitrogens is 3. The van der Waals surface area contributed by atoms with Crippen molar-refractivity contribution in [1.82, 2.24) is 15.4 Å². The number of nitrogens with zero attached hydrogens (tertiary/aromatic N) is 2. The van der Waals surface area contributed by atoms with Crippen LogP contribution in [-0.4, -0.2) is 27.0 Å². The van der Waals surface area contributed by atoms with Gasteiger partial charge in [-0.1, -0.05) is 0 Å². The fraction of sp³-hybridized carbons (Fsp3) is 0. The summed E-state index contributed by atoms with van der Waals surface area (Å²) in [5, 5.41) is 9.64. The quantitative estimate of drug-likeness (QED) is 0.604. The van der Waals surface area contributed by atoms with E-state index in [0.29, 0.717) is 5.69 Å². The Morgan fingerprint density at radius 2 is 2.08 bits per heavy atom.